The van der Waals surface area contributed by atoms with Gasteiger partial charge in [0, 0.05) is 17.6 Å². The van der Waals surface area contributed by atoms with Crippen molar-refractivity contribution in [1.82, 2.24) is 0 Å². The molecular formula is C23H25NO4. The molecule has 0 aliphatic carbocycles. The van der Waals surface area contributed by atoms with Crippen LogP contribution in [0.4, 0.5) is 0 Å². The van der Waals surface area contributed by atoms with Crippen molar-refractivity contribution in [2.45, 2.75) is 26.2 Å². The van der Waals surface area contributed by atoms with E-state index >= 15 is 0 Å². The number of hydrogen-bond acceptors (Lipinski definition) is 5. The standard InChI is InChI=1S/C23H25NO4/c1-4-28-21-14-10-18(11-15-21)23(17-8-12-20(26-2)13-9-17)19(16-24)6-5-7-22(25)27-3/h8-15H,4-7H2,1-3H3/b23-19+. The van der Waals surface area contributed by atoms with Crippen LogP contribution in [-0.2, 0) is 9.53 Å². The summed E-state index contributed by atoms with van der Waals surface area (Å²) in [4.78, 5) is 11.4. The van der Waals surface area contributed by atoms with Crippen LogP contribution in [0.2, 0.25) is 0 Å². The summed E-state index contributed by atoms with van der Waals surface area (Å²) in [6.45, 7) is 2.53. The van der Waals surface area contributed by atoms with Crippen LogP contribution in [0.1, 0.15) is 37.3 Å². The summed E-state index contributed by atoms with van der Waals surface area (Å²) in [7, 11) is 2.98. The van der Waals surface area contributed by atoms with Crippen molar-refractivity contribution in [1.29, 1.82) is 5.26 Å². The molecular weight excluding hydrogens is 354 g/mol. The SMILES string of the molecule is CCOc1ccc(/C(=C(/C#N)CCCC(=O)OC)c2ccc(OC)cc2)cc1. The topological polar surface area (TPSA) is 68.5 Å². The van der Waals surface area contributed by atoms with E-state index in [-0.39, 0.29) is 12.4 Å². The molecule has 5 nitrogen and oxygen atoms in total. The van der Waals surface area contributed by atoms with E-state index in [1.165, 1.54) is 7.11 Å². The second-order valence-electron chi connectivity index (χ2n) is 6.08. The Kier molecular flexibility index (Phi) is 8.11. The molecule has 0 atom stereocenters. The van der Waals surface area contributed by atoms with Crippen LogP contribution in [-0.4, -0.2) is 26.8 Å². The lowest BCUT2D eigenvalue weighted by atomic mass is 9.91. The number of methoxy groups -OCH3 is 2. The second-order valence-corrected chi connectivity index (χ2v) is 6.08. The molecule has 0 aliphatic rings. The van der Waals surface area contributed by atoms with Crippen LogP contribution >= 0.6 is 0 Å². The third-order valence-electron chi connectivity index (χ3n) is 4.30. The highest BCUT2D eigenvalue weighted by atomic mass is 16.5. The van der Waals surface area contributed by atoms with E-state index in [2.05, 4.69) is 6.07 Å². The first-order valence-corrected chi connectivity index (χ1v) is 9.20. The molecule has 0 aliphatic heterocycles. The molecule has 0 radical (unpaired) electrons. The van der Waals surface area contributed by atoms with Crippen LogP contribution < -0.4 is 9.47 Å². The van der Waals surface area contributed by atoms with Crippen LogP contribution in [0.5, 0.6) is 11.5 Å². The number of allylic oxidation sites excluding steroid dienone is 1. The van der Waals surface area contributed by atoms with Gasteiger partial charge in [-0.1, -0.05) is 24.3 Å². The fourth-order valence-corrected chi connectivity index (χ4v) is 2.91. The summed E-state index contributed by atoms with van der Waals surface area (Å²) in [6.07, 6.45) is 1.31. The first-order chi connectivity index (χ1) is 13.6. The number of ether oxygens (including phenoxy) is 3. The lowest BCUT2D eigenvalue weighted by Crippen LogP contribution is -2.01. The minimum Gasteiger partial charge on any atom is -0.497 e. The maximum absolute atomic E-state index is 11.4. The number of benzene rings is 2. The molecule has 0 aromatic heterocycles. The zero-order valence-electron chi connectivity index (χ0n) is 16.5. The Morgan fingerprint density at radius 2 is 1.50 bits per heavy atom. The second kappa shape index (κ2) is 10.8. The fourth-order valence-electron chi connectivity index (χ4n) is 2.91. The first-order valence-electron chi connectivity index (χ1n) is 9.20. The number of carbonyl (C=O) groups is 1. The monoisotopic (exact) mass is 379 g/mol. The van der Waals surface area contributed by atoms with Gasteiger partial charge in [0.15, 0.2) is 0 Å². The number of rotatable bonds is 9. The Morgan fingerprint density at radius 3 is 1.96 bits per heavy atom. The lowest BCUT2D eigenvalue weighted by molar-refractivity contribution is -0.140. The molecule has 146 valence electrons. The molecule has 0 saturated carbocycles. The normalized spacial score (nSPS) is 11.2. The molecule has 0 spiro atoms. The van der Waals surface area contributed by atoms with Crippen LogP contribution in [0.15, 0.2) is 54.1 Å². The zero-order valence-corrected chi connectivity index (χ0v) is 16.5. The van der Waals surface area contributed by atoms with E-state index in [1.807, 2.05) is 55.5 Å². The van der Waals surface area contributed by atoms with Crippen LogP contribution in [0, 0.1) is 11.3 Å². The van der Waals surface area contributed by atoms with Crippen molar-refractivity contribution in [3.05, 3.63) is 65.2 Å². The minimum atomic E-state index is -0.274. The van der Waals surface area contributed by atoms with E-state index in [4.69, 9.17) is 14.2 Å². The van der Waals surface area contributed by atoms with E-state index in [1.54, 1.807) is 7.11 Å². The number of carbonyl (C=O) groups excluding carboxylic acids is 1. The Morgan fingerprint density at radius 1 is 0.929 bits per heavy atom. The molecule has 0 unspecified atom stereocenters. The summed E-state index contributed by atoms with van der Waals surface area (Å²) in [6, 6.07) is 17.6. The largest absolute Gasteiger partial charge is 0.497 e. The fraction of sp³-hybridized carbons (Fsp3) is 0.304. The molecule has 28 heavy (non-hydrogen) atoms. The van der Waals surface area contributed by atoms with Crippen molar-refractivity contribution in [3.63, 3.8) is 0 Å². The van der Waals surface area contributed by atoms with Crippen molar-refractivity contribution >= 4 is 11.5 Å². The maximum atomic E-state index is 11.4. The Hall–Kier alpha value is -3.26. The third kappa shape index (κ3) is 5.62. The van der Waals surface area contributed by atoms with E-state index in [0.717, 1.165) is 28.2 Å². The molecule has 0 bridgehead atoms. The lowest BCUT2D eigenvalue weighted by Gasteiger charge is -2.13. The van der Waals surface area contributed by atoms with Gasteiger partial charge in [-0.15, -0.1) is 0 Å². The summed E-state index contributed by atoms with van der Waals surface area (Å²) in [5.74, 6) is 1.26. The predicted molar refractivity (Wildman–Crippen MR) is 108 cm³/mol. The van der Waals surface area contributed by atoms with Crippen molar-refractivity contribution in [2.24, 2.45) is 0 Å². The molecule has 0 saturated heterocycles. The number of nitrogens with zero attached hydrogens (tertiary/aromatic N) is 1. The van der Waals surface area contributed by atoms with Crippen molar-refractivity contribution < 1.29 is 19.0 Å². The smallest absolute Gasteiger partial charge is 0.305 e. The van der Waals surface area contributed by atoms with Crippen molar-refractivity contribution in [2.75, 3.05) is 20.8 Å². The molecule has 2 aromatic carbocycles. The van der Waals surface area contributed by atoms with Gasteiger partial charge in [0.25, 0.3) is 0 Å². The highest BCUT2D eigenvalue weighted by molar-refractivity contribution is 5.84. The molecule has 0 N–H and O–H groups in total. The molecule has 0 heterocycles. The van der Waals surface area contributed by atoms with Crippen LogP contribution in [0.3, 0.4) is 0 Å². The van der Waals surface area contributed by atoms with E-state index < -0.39 is 0 Å². The Balaban J connectivity index is 2.43. The zero-order chi connectivity index (χ0) is 20.4. The summed E-state index contributed by atoms with van der Waals surface area (Å²) < 4.78 is 15.4. The molecule has 5 heteroatoms. The molecule has 2 rings (SSSR count). The van der Waals surface area contributed by atoms with Gasteiger partial charge in [-0.3, -0.25) is 4.79 Å². The Labute approximate surface area is 166 Å². The van der Waals surface area contributed by atoms with E-state index in [0.29, 0.717) is 25.0 Å². The Bertz CT molecular complexity index is 846. The maximum Gasteiger partial charge on any atom is 0.305 e. The molecule has 2 aromatic rings. The van der Waals surface area contributed by atoms with Crippen LogP contribution in [0.25, 0.3) is 5.57 Å². The van der Waals surface area contributed by atoms with Gasteiger partial charge in [-0.05, 0) is 55.2 Å². The van der Waals surface area contributed by atoms with Gasteiger partial charge in [0.2, 0.25) is 0 Å². The van der Waals surface area contributed by atoms with E-state index in [9.17, 15) is 10.1 Å². The van der Waals surface area contributed by atoms with Gasteiger partial charge in [0.1, 0.15) is 11.5 Å². The average molecular weight is 379 g/mol. The quantitative estimate of drug-likeness (QED) is 0.464. The van der Waals surface area contributed by atoms with Gasteiger partial charge in [-0.2, -0.15) is 5.26 Å². The first kappa shape index (κ1) is 21.0. The number of nitriles is 1. The predicted octanol–water partition coefficient (Wildman–Crippen LogP) is 4.76. The van der Waals surface area contributed by atoms with Gasteiger partial charge >= 0.3 is 5.97 Å². The summed E-state index contributed by atoms with van der Waals surface area (Å²) in [5.41, 5.74) is 3.30. The van der Waals surface area contributed by atoms with Gasteiger partial charge in [-0.25, -0.2) is 0 Å². The molecule has 0 fully saturated rings. The summed E-state index contributed by atoms with van der Waals surface area (Å²) in [5, 5.41) is 9.81. The average Bonchev–Trinajstić information content (AvgIpc) is 2.74. The third-order valence-corrected chi connectivity index (χ3v) is 4.30. The highest BCUT2D eigenvalue weighted by Gasteiger charge is 2.14. The van der Waals surface area contributed by atoms with Crippen molar-refractivity contribution in [3.8, 4) is 17.6 Å². The van der Waals surface area contributed by atoms with Gasteiger partial charge < -0.3 is 14.2 Å². The number of esters is 1. The number of hydrogen-bond donors (Lipinski definition) is 0. The minimum absolute atomic E-state index is 0.274. The highest BCUT2D eigenvalue weighted by Crippen LogP contribution is 2.31. The summed E-state index contributed by atoms with van der Waals surface area (Å²) >= 11 is 0. The molecule has 0 amide bonds. The van der Waals surface area contributed by atoms with Gasteiger partial charge in [0.05, 0.1) is 26.9 Å².